The number of nitro groups is 1. The molecule has 1 aliphatic rings. The van der Waals surface area contributed by atoms with Gasteiger partial charge in [-0.1, -0.05) is 18.6 Å². The van der Waals surface area contributed by atoms with E-state index in [1.54, 1.807) is 13.0 Å². The van der Waals surface area contributed by atoms with Gasteiger partial charge in [-0.15, -0.1) is 0 Å². The highest BCUT2D eigenvalue weighted by Gasteiger charge is 2.21. The van der Waals surface area contributed by atoms with Crippen LogP contribution in [0.1, 0.15) is 31.2 Å². The van der Waals surface area contributed by atoms with E-state index < -0.39 is 23.4 Å². The summed E-state index contributed by atoms with van der Waals surface area (Å²) in [7, 11) is 0. The molecule has 140 valence electrons. The fourth-order valence-corrected chi connectivity index (χ4v) is 2.70. The van der Waals surface area contributed by atoms with Crippen LogP contribution in [0.5, 0.6) is 0 Å². The number of hydrogen-bond donors (Lipinski definition) is 1. The zero-order valence-electron chi connectivity index (χ0n) is 14.5. The van der Waals surface area contributed by atoms with Crippen molar-refractivity contribution in [2.45, 2.75) is 32.6 Å². The molecule has 2 rings (SSSR count). The lowest BCUT2D eigenvalue weighted by molar-refractivity contribution is -0.384. The van der Waals surface area contributed by atoms with Crippen molar-refractivity contribution in [3.8, 4) is 0 Å². The second-order valence-electron chi connectivity index (χ2n) is 6.06. The zero-order valence-corrected chi connectivity index (χ0v) is 14.5. The third-order valence-corrected chi connectivity index (χ3v) is 4.07. The highest BCUT2D eigenvalue weighted by molar-refractivity contribution is 5.96. The number of benzene rings is 1. The maximum absolute atomic E-state index is 12.0. The van der Waals surface area contributed by atoms with Crippen molar-refractivity contribution in [3.05, 3.63) is 33.9 Å². The molecule has 26 heavy (non-hydrogen) atoms. The molecule has 1 saturated heterocycles. The Kier molecular flexibility index (Phi) is 6.65. The van der Waals surface area contributed by atoms with Crippen LogP contribution in [-0.2, 0) is 19.1 Å². The molecule has 1 aromatic rings. The Bertz CT molecular complexity index is 718. The first-order valence-corrected chi connectivity index (χ1v) is 8.35. The average Bonchev–Trinajstić information content (AvgIpc) is 2.79. The second kappa shape index (κ2) is 8.93. The fourth-order valence-electron chi connectivity index (χ4n) is 2.70. The van der Waals surface area contributed by atoms with Crippen molar-refractivity contribution in [2.75, 3.05) is 25.0 Å². The summed E-state index contributed by atoms with van der Waals surface area (Å²) in [4.78, 5) is 47.5. The molecule has 0 atom stereocenters. The number of aryl methyl sites for hydroxylation is 1. The predicted molar refractivity (Wildman–Crippen MR) is 92.5 cm³/mol. The van der Waals surface area contributed by atoms with Crippen molar-refractivity contribution < 1.29 is 24.0 Å². The molecule has 9 nitrogen and oxygen atoms in total. The summed E-state index contributed by atoms with van der Waals surface area (Å²) in [5, 5.41) is 13.4. The largest absolute Gasteiger partial charge is 0.454 e. The van der Waals surface area contributed by atoms with Crippen LogP contribution in [0.2, 0.25) is 0 Å². The minimum absolute atomic E-state index is 0.0706. The lowest BCUT2D eigenvalue weighted by atomic mass is 10.1. The van der Waals surface area contributed by atoms with E-state index in [-0.39, 0.29) is 23.8 Å². The van der Waals surface area contributed by atoms with Gasteiger partial charge in [-0.2, -0.15) is 0 Å². The fraction of sp³-hybridized carbons (Fsp3) is 0.471. The molecule has 1 aliphatic heterocycles. The topological polar surface area (TPSA) is 119 Å². The van der Waals surface area contributed by atoms with E-state index in [1.807, 2.05) is 0 Å². The van der Waals surface area contributed by atoms with Crippen LogP contribution in [0.15, 0.2) is 18.2 Å². The van der Waals surface area contributed by atoms with Crippen LogP contribution in [0.25, 0.3) is 0 Å². The van der Waals surface area contributed by atoms with Crippen LogP contribution in [0, 0.1) is 17.0 Å². The summed E-state index contributed by atoms with van der Waals surface area (Å²) in [6, 6.07) is 4.42. The van der Waals surface area contributed by atoms with Crippen LogP contribution >= 0.6 is 0 Å². The Labute approximate surface area is 150 Å². The third-order valence-electron chi connectivity index (χ3n) is 4.07. The van der Waals surface area contributed by atoms with Gasteiger partial charge in [-0.25, -0.2) is 0 Å². The van der Waals surface area contributed by atoms with Crippen LogP contribution in [-0.4, -0.2) is 47.3 Å². The Morgan fingerprint density at radius 1 is 1.31 bits per heavy atom. The first-order valence-electron chi connectivity index (χ1n) is 8.35. The SMILES string of the molecule is Cc1cccc([N+](=O)[O-])c1NC(=O)COC(=O)CN1CCCCCC1=O. The van der Waals surface area contributed by atoms with E-state index in [0.29, 0.717) is 18.5 Å². The Morgan fingerprint density at radius 2 is 2.08 bits per heavy atom. The third kappa shape index (κ3) is 5.27. The van der Waals surface area contributed by atoms with Gasteiger partial charge in [0.15, 0.2) is 6.61 Å². The monoisotopic (exact) mass is 363 g/mol. The summed E-state index contributed by atoms with van der Waals surface area (Å²) >= 11 is 0. The number of amides is 2. The number of carbonyl (C=O) groups excluding carboxylic acids is 3. The van der Waals surface area contributed by atoms with Gasteiger partial charge >= 0.3 is 5.97 Å². The summed E-state index contributed by atoms with van der Waals surface area (Å²) in [5.74, 6) is -1.47. The van der Waals surface area contributed by atoms with Crippen LogP contribution < -0.4 is 5.32 Å². The summed E-state index contributed by atoms with van der Waals surface area (Å²) in [5.41, 5.74) is 0.357. The maximum atomic E-state index is 12.0. The van der Waals surface area contributed by atoms with Gasteiger partial charge in [0.2, 0.25) is 5.91 Å². The quantitative estimate of drug-likeness (QED) is 0.467. The van der Waals surface area contributed by atoms with Crippen LogP contribution in [0.3, 0.4) is 0 Å². The second-order valence-corrected chi connectivity index (χ2v) is 6.06. The number of carbonyl (C=O) groups is 3. The van der Waals surface area contributed by atoms with E-state index in [1.165, 1.54) is 17.0 Å². The Morgan fingerprint density at radius 3 is 2.81 bits per heavy atom. The predicted octanol–water partition coefficient (Wildman–Crippen LogP) is 1.79. The number of ether oxygens (including phenoxy) is 1. The van der Waals surface area contributed by atoms with Gasteiger partial charge in [0, 0.05) is 19.0 Å². The molecule has 0 bridgehead atoms. The molecule has 9 heteroatoms. The number of esters is 1. The van der Waals surface area contributed by atoms with E-state index >= 15 is 0 Å². The van der Waals surface area contributed by atoms with Crippen molar-refractivity contribution in [3.63, 3.8) is 0 Å². The summed E-state index contributed by atoms with van der Waals surface area (Å²) in [6.45, 7) is 1.35. The number of nitro benzene ring substituents is 1. The van der Waals surface area contributed by atoms with Crippen molar-refractivity contribution in [2.24, 2.45) is 0 Å². The highest BCUT2D eigenvalue weighted by Crippen LogP contribution is 2.27. The average molecular weight is 363 g/mol. The zero-order chi connectivity index (χ0) is 19.1. The minimum Gasteiger partial charge on any atom is -0.454 e. The standard InChI is InChI=1S/C17H21N3O6/c1-12-6-5-7-13(20(24)25)17(12)18-14(21)11-26-16(23)10-19-9-4-2-3-8-15(19)22/h5-7H,2-4,8-11H2,1H3,(H,18,21). The molecule has 1 fully saturated rings. The molecule has 0 unspecified atom stereocenters. The Hall–Kier alpha value is -2.97. The lowest BCUT2D eigenvalue weighted by Gasteiger charge is -2.19. The van der Waals surface area contributed by atoms with E-state index in [0.717, 1.165) is 19.3 Å². The number of hydrogen-bond acceptors (Lipinski definition) is 6. The summed E-state index contributed by atoms with van der Waals surface area (Å²) in [6.07, 6.45) is 2.98. The van der Waals surface area contributed by atoms with Crippen molar-refractivity contribution in [1.29, 1.82) is 0 Å². The summed E-state index contributed by atoms with van der Waals surface area (Å²) < 4.78 is 4.89. The van der Waals surface area contributed by atoms with Gasteiger partial charge in [0.1, 0.15) is 12.2 Å². The van der Waals surface area contributed by atoms with Gasteiger partial charge in [0.25, 0.3) is 11.6 Å². The number of anilines is 1. The normalized spacial score (nSPS) is 14.5. The van der Waals surface area contributed by atoms with Crippen molar-refractivity contribution in [1.82, 2.24) is 4.90 Å². The Balaban J connectivity index is 1.88. The van der Waals surface area contributed by atoms with E-state index in [2.05, 4.69) is 5.32 Å². The van der Waals surface area contributed by atoms with Crippen LogP contribution in [0.4, 0.5) is 11.4 Å². The molecule has 0 aromatic heterocycles. The molecule has 0 saturated carbocycles. The molecule has 1 N–H and O–H groups in total. The van der Waals surface area contributed by atoms with Gasteiger partial charge in [0.05, 0.1) is 4.92 Å². The van der Waals surface area contributed by atoms with Gasteiger partial charge in [-0.3, -0.25) is 24.5 Å². The number of nitrogens with zero attached hydrogens (tertiary/aromatic N) is 2. The first-order chi connectivity index (χ1) is 12.4. The molecule has 0 aliphatic carbocycles. The van der Waals surface area contributed by atoms with Gasteiger partial charge < -0.3 is 15.0 Å². The smallest absolute Gasteiger partial charge is 0.326 e. The number of para-hydroxylation sites is 1. The molecule has 0 spiro atoms. The lowest BCUT2D eigenvalue weighted by Crippen LogP contribution is -2.36. The molecule has 0 radical (unpaired) electrons. The molecule has 1 heterocycles. The molecular formula is C17H21N3O6. The number of rotatable bonds is 6. The molecule has 1 aromatic carbocycles. The number of likely N-dealkylation sites (tertiary alicyclic amines) is 1. The first kappa shape index (κ1) is 19.4. The maximum Gasteiger partial charge on any atom is 0.326 e. The molecular weight excluding hydrogens is 342 g/mol. The van der Waals surface area contributed by atoms with Crippen molar-refractivity contribution >= 4 is 29.2 Å². The van der Waals surface area contributed by atoms with E-state index in [9.17, 15) is 24.5 Å². The number of nitrogens with one attached hydrogen (secondary N) is 1. The van der Waals surface area contributed by atoms with E-state index in [4.69, 9.17) is 4.74 Å². The van der Waals surface area contributed by atoms with Gasteiger partial charge in [-0.05, 0) is 25.3 Å². The minimum atomic E-state index is -0.685. The highest BCUT2D eigenvalue weighted by atomic mass is 16.6. The molecule has 2 amide bonds.